The van der Waals surface area contributed by atoms with Gasteiger partial charge < -0.3 is 10.6 Å². The molecule has 0 unspecified atom stereocenters. The van der Waals surface area contributed by atoms with E-state index in [4.69, 9.17) is 0 Å². The quantitative estimate of drug-likeness (QED) is 0.408. The molecular weight excluding hydrogens is 312 g/mol. The zero-order chi connectivity index (χ0) is 18.8. The average molecular weight is 344 g/mol. The highest BCUT2D eigenvalue weighted by Gasteiger charge is 2.18. The minimum atomic E-state index is -0.314. The van der Waals surface area contributed by atoms with E-state index < -0.39 is 0 Å². The fourth-order valence-corrected chi connectivity index (χ4v) is 2.28. The molecule has 0 spiro atoms. The average Bonchev–Trinajstić information content (AvgIpc) is 2.53. The van der Waals surface area contributed by atoms with Crippen LogP contribution in [0.5, 0.6) is 0 Å². The summed E-state index contributed by atoms with van der Waals surface area (Å²) in [5.41, 5.74) is 2.09. The molecule has 1 rings (SSSR count). The van der Waals surface area contributed by atoms with Crippen molar-refractivity contribution < 1.29 is 9.59 Å². The summed E-state index contributed by atoms with van der Waals surface area (Å²) in [7, 11) is 0. The van der Waals surface area contributed by atoms with Crippen molar-refractivity contribution in [1.82, 2.24) is 10.6 Å². The van der Waals surface area contributed by atoms with Crippen molar-refractivity contribution in [2.24, 2.45) is 11.8 Å². The van der Waals surface area contributed by atoms with E-state index >= 15 is 0 Å². The van der Waals surface area contributed by atoms with E-state index in [0.29, 0.717) is 24.9 Å². The van der Waals surface area contributed by atoms with Crippen molar-refractivity contribution in [3.8, 4) is 0 Å². The van der Waals surface area contributed by atoms with Crippen LogP contribution in [0.25, 0.3) is 6.08 Å². The van der Waals surface area contributed by atoms with Crippen molar-refractivity contribution in [1.29, 1.82) is 0 Å². The molecule has 0 aliphatic carbocycles. The van der Waals surface area contributed by atoms with Crippen LogP contribution in [0, 0.1) is 18.8 Å². The molecule has 0 aromatic heterocycles. The van der Waals surface area contributed by atoms with Gasteiger partial charge in [0.15, 0.2) is 0 Å². The molecule has 0 fully saturated rings. The highest BCUT2D eigenvalue weighted by molar-refractivity contribution is 6.21. The van der Waals surface area contributed by atoms with Crippen LogP contribution in [-0.4, -0.2) is 24.9 Å². The van der Waals surface area contributed by atoms with Gasteiger partial charge in [-0.05, 0) is 48.8 Å². The minimum Gasteiger partial charge on any atom is -0.352 e. The first-order valence-electron chi connectivity index (χ1n) is 9.15. The Morgan fingerprint density at radius 2 is 1.40 bits per heavy atom. The lowest BCUT2D eigenvalue weighted by molar-refractivity contribution is -0.123. The van der Waals surface area contributed by atoms with Gasteiger partial charge in [0.1, 0.15) is 5.57 Å². The van der Waals surface area contributed by atoms with Crippen LogP contribution < -0.4 is 10.6 Å². The third kappa shape index (κ3) is 8.01. The maximum absolute atomic E-state index is 12.5. The lowest BCUT2D eigenvalue weighted by Gasteiger charge is -2.12. The summed E-state index contributed by atoms with van der Waals surface area (Å²) in [6, 6.07) is 7.73. The largest absolute Gasteiger partial charge is 0.352 e. The fourth-order valence-electron chi connectivity index (χ4n) is 2.28. The normalized spacial score (nSPS) is 10.7. The number of carbonyl (C=O) groups is 2. The Bertz CT molecular complexity index is 576. The number of amides is 2. The lowest BCUT2D eigenvalue weighted by Crippen LogP contribution is -2.36. The highest BCUT2D eigenvalue weighted by atomic mass is 16.2. The Balaban J connectivity index is 2.91. The molecular formula is C21H32N2O2. The van der Waals surface area contributed by atoms with Gasteiger partial charge in [0, 0.05) is 13.1 Å². The molecule has 4 heteroatoms. The Labute approximate surface area is 152 Å². The molecule has 2 N–H and O–H groups in total. The molecule has 0 saturated carbocycles. The number of hydrogen-bond acceptors (Lipinski definition) is 2. The monoisotopic (exact) mass is 344 g/mol. The molecule has 0 atom stereocenters. The van der Waals surface area contributed by atoms with E-state index in [9.17, 15) is 9.59 Å². The first kappa shape index (κ1) is 20.9. The minimum absolute atomic E-state index is 0.168. The maximum Gasteiger partial charge on any atom is 0.256 e. The number of benzene rings is 1. The van der Waals surface area contributed by atoms with E-state index in [1.807, 2.05) is 31.2 Å². The second kappa shape index (κ2) is 10.7. The summed E-state index contributed by atoms with van der Waals surface area (Å²) in [4.78, 5) is 25.1. The molecule has 0 aliphatic heterocycles. The summed E-state index contributed by atoms with van der Waals surface area (Å²) < 4.78 is 0. The van der Waals surface area contributed by atoms with Gasteiger partial charge in [-0.15, -0.1) is 0 Å². The molecule has 0 heterocycles. The summed E-state index contributed by atoms with van der Waals surface area (Å²) in [6.07, 6.45) is 3.46. The summed E-state index contributed by atoms with van der Waals surface area (Å²) in [5.74, 6) is 0.379. The van der Waals surface area contributed by atoms with Crippen molar-refractivity contribution in [2.45, 2.75) is 47.5 Å². The van der Waals surface area contributed by atoms with Crippen LogP contribution in [0.15, 0.2) is 29.8 Å². The third-order valence-electron chi connectivity index (χ3n) is 3.99. The molecule has 138 valence electrons. The van der Waals surface area contributed by atoms with Gasteiger partial charge >= 0.3 is 0 Å². The van der Waals surface area contributed by atoms with E-state index in [1.165, 1.54) is 0 Å². The van der Waals surface area contributed by atoms with Crippen LogP contribution in [0.1, 0.15) is 51.7 Å². The van der Waals surface area contributed by atoms with Crippen LogP contribution in [-0.2, 0) is 9.59 Å². The standard InChI is InChI=1S/C21H32N2O2/c1-15(2)10-12-22-20(24)19(21(25)23-13-11-16(3)4)14-18-9-7-6-8-17(18)5/h6-9,14-16H,10-13H2,1-5H3,(H,22,24)(H,23,25). The van der Waals surface area contributed by atoms with Crippen LogP contribution >= 0.6 is 0 Å². The van der Waals surface area contributed by atoms with Crippen LogP contribution in [0.2, 0.25) is 0 Å². The van der Waals surface area contributed by atoms with Gasteiger partial charge in [-0.3, -0.25) is 9.59 Å². The van der Waals surface area contributed by atoms with Crippen LogP contribution in [0.4, 0.5) is 0 Å². The highest BCUT2D eigenvalue weighted by Crippen LogP contribution is 2.13. The molecule has 2 amide bonds. The van der Waals surface area contributed by atoms with Crippen molar-refractivity contribution in [2.75, 3.05) is 13.1 Å². The zero-order valence-electron chi connectivity index (χ0n) is 16.2. The van der Waals surface area contributed by atoms with E-state index in [-0.39, 0.29) is 17.4 Å². The number of carbonyl (C=O) groups excluding carboxylic acids is 2. The topological polar surface area (TPSA) is 58.2 Å². The number of nitrogens with one attached hydrogen (secondary N) is 2. The SMILES string of the molecule is Cc1ccccc1C=C(C(=O)NCCC(C)C)C(=O)NCCC(C)C. The van der Waals surface area contributed by atoms with Crippen molar-refractivity contribution in [3.05, 3.63) is 41.0 Å². The first-order chi connectivity index (χ1) is 11.8. The lowest BCUT2D eigenvalue weighted by atomic mass is 10.0. The van der Waals surface area contributed by atoms with Gasteiger partial charge in [-0.1, -0.05) is 52.0 Å². The zero-order valence-corrected chi connectivity index (χ0v) is 16.2. The van der Waals surface area contributed by atoms with E-state index in [0.717, 1.165) is 24.0 Å². The predicted octanol–water partition coefficient (Wildman–Crippen LogP) is 3.70. The second-order valence-corrected chi connectivity index (χ2v) is 7.29. The van der Waals surface area contributed by atoms with Crippen molar-refractivity contribution in [3.63, 3.8) is 0 Å². The summed E-state index contributed by atoms with van der Waals surface area (Å²) in [5, 5.41) is 5.73. The van der Waals surface area contributed by atoms with Gasteiger partial charge in [-0.25, -0.2) is 0 Å². The number of hydrogen-bond donors (Lipinski definition) is 2. The summed E-state index contributed by atoms with van der Waals surface area (Å²) >= 11 is 0. The predicted molar refractivity (Wildman–Crippen MR) is 104 cm³/mol. The van der Waals surface area contributed by atoms with Crippen molar-refractivity contribution >= 4 is 17.9 Å². The molecule has 0 radical (unpaired) electrons. The van der Waals surface area contributed by atoms with Gasteiger partial charge in [0.05, 0.1) is 0 Å². The Hall–Kier alpha value is -2.10. The fraction of sp³-hybridized carbons (Fsp3) is 0.524. The third-order valence-corrected chi connectivity index (χ3v) is 3.99. The summed E-state index contributed by atoms with van der Waals surface area (Å²) in [6.45, 7) is 11.5. The smallest absolute Gasteiger partial charge is 0.256 e. The Morgan fingerprint density at radius 1 is 0.920 bits per heavy atom. The molecule has 1 aromatic rings. The number of rotatable bonds is 9. The van der Waals surface area contributed by atoms with Gasteiger partial charge in [0.2, 0.25) is 0 Å². The maximum atomic E-state index is 12.5. The van der Waals surface area contributed by atoms with E-state index in [2.05, 4.69) is 38.3 Å². The molecule has 1 aromatic carbocycles. The molecule has 25 heavy (non-hydrogen) atoms. The molecule has 0 bridgehead atoms. The molecule has 4 nitrogen and oxygen atoms in total. The van der Waals surface area contributed by atoms with Gasteiger partial charge in [0.25, 0.3) is 11.8 Å². The Morgan fingerprint density at radius 3 is 1.84 bits per heavy atom. The van der Waals surface area contributed by atoms with E-state index in [1.54, 1.807) is 6.08 Å². The molecule has 0 aliphatic rings. The number of aryl methyl sites for hydroxylation is 1. The first-order valence-corrected chi connectivity index (χ1v) is 9.15. The Kier molecular flexibility index (Phi) is 8.96. The second-order valence-electron chi connectivity index (χ2n) is 7.29. The molecule has 0 saturated heterocycles. The van der Waals surface area contributed by atoms with Gasteiger partial charge in [-0.2, -0.15) is 0 Å². The van der Waals surface area contributed by atoms with Crippen LogP contribution in [0.3, 0.4) is 0 Å².